The van der Waals surface area contributed by atoms with Crippen LogP contribution >= 0.6 is 11.3 Å². The van der Waals surface area contributed by atoms with Crippen LogP contribution in [0.3, 0.4) is 0 Å². The van der Waals surface area contributed by atoms with E-state index in [4.69, 9.17) is 4.74 Å². The van der Waals surface area contributed by atoms with Crippen molar-refractivity contribution >= 4 is 11.3 Å². The molecule has 21 heavy (non-hydrogen) atoms. The van der Waals surface area contributed by atoms with Crippen LogP contribution < -0.4 is 4.74 Å². The minimum atomic E-state index is -0.332. The molecule has 0 fully saturated rings. The first-order valence-corrected chi connectivity index (χ1v) is 7.01. The van der Waals surface area contributed by atoms with Crippen molar-refractivity contribution in [1.82, 2.24) is 4.98 Å². The van der Waals surface area contributed by atoms with Gasteiger partial charge in [0.15, 0.2) is 0 Å². The fourth-order valence-corrected chi connectivity index (χ4v) is 2.47. The van der Waals surface area contributed by atoms with Gasteiger partial charge in [-0.2, -0.15) is 5.26 Å². The zero-order valence-corrected chi connectivity index (χ0v) is 11.6. The Hall–Kier alpha value is -2.71. The highest BCUT2D eigenvalue weighted by atomic mass is 32.1. The summed E-state index contributed by atoms with van der Waals surface area (Å²) in [5.74, 6) is 0.585. The third kappa shape index (κ3) is 2.91. The van der Waals surface area contributed by atoms with E-state index in [1.807, 2.05) is 11.4 Å². The molecule has 3 nitrogen and oxygen atoms in total. The van der Waals surface area contributed by atoms with Crippen molar-refractivity contribution in [3.8, 4) is 28.1 Å². The molecule has 0 spiro atoms. The van der Waals surface area contributed by atoms with Gasteiger partial charge in [-0.15, -0.1) is 11.3 Å². The summed E-state index contributed by atoms with van der Waals surface area (Å²) in [5.41, 5.74) is 1.28. The lowest BCUT2D eigenvalue weighted by Gasteiger charge is -2.08. The van der Waals surface area contributed by atoms with Gasteiger partial charge in [0.05, 0.1) is 5.56 Å². The van der Waals surface area contributed by atoms with E-state index >= 15 is 0 Å². The minimum absolute atomic E-state index is 0.332. The topological polar surface area (TPSA) is 45.9 Å². The lowest BCUT2D eigenvalue weighted by molar-refractivity contribution is 0.479. The molecule has 5 heteroatoms. The number of benzene rings is 2. The Morgan fingerprint density at radius 1 is 1.14 bits per heavy atom. The van der Waals surface area contributed by atoms with E-state index in [1.54, 1.807) is 18.3 Å². The number of hydrogen-bond donors (Lipinski definition) is 0. The standard InChI is InChI=1S/C16H9FN2OS/c17-13-2-4-14(5-3-13)20-15-6-1-11(9-12(15)10-18)16-19-7-8-21-16/h1-9H. The number of nitrogens with zero attached hydrogens (tertiary/aromatic N) is 2. The van der Waals surface area contributed by atoms with E-state index in [-0.39, 0.29) is 5.82 Å². The van der Waals surface area contributed by atoms with Crippen LogP contribution in [0.5, 0.6) is 11.5 Å². The van der Waals surface area contributed by atoms with Crippen molar-refractivity contribution in [2.45, 2.75) is 0 Å². The van der Waals surface area contributed by atoms with Crippen molar-refractivity contribution in [2.24, 2.45) is 0 Å². The maximum absolute atomic E-state index is 12.9. The van der Waals surface area contributed by atoms with Crippen LogP contribution in [0.15, 0.2) is 54.0 Å². The van der Waals surface area contributed by atoms with Crippen LogP contribution in [-0.2, 0) is 0 Å². The average molecular weight is 296 g/mol. The number of hydrogen-bond acceptors (Lipinski definition) is 4. The van der Waals surface area contributed by atoms with Gasteiger partial charge in [0.25, 0.3) is 0 Å². The maximum atomic E-state index is 12.9. The number of halogens is 1. The van der Waals surface area contributed by atoms with Crippen LogP contribution in [0.1, 0.15) is 5.56 Å². The molecule has 2 aromatic carbocycles. The van der Waals surface area contributed by atoms with Crippen LogP contribution in [0.25, 0.3) is 10.6 Å². The molecule has 0 unspecified atom stereocenters. The molecule has 3 aromatic rings. The molecule has 0 radical (unpaired) electrons. The molecule has 0 saturated carbocycles. The monoisotopic (exact) mass is 296 g/mol. The number of ether oxygens (including phenoxy) is 1. The summed E-state index contributed by atoms with van der Waals surface area (Å²) >= 11 is 1.50. The van der Waals surface area contributed by atoms with Gasteiger partial charge < -0.3 is 4.74 Å². The van der Waals surface area contributed by atoms with Crippen molar-refractivity contribution in [3.63, 3.8) is 0 Å². The quantitative estimate of drug-likeness (QED) is 0.709. The number of nitriles is 1. The molecule has 0 aliphatic carbocycles. The Morgan fingerprint density at radius 2 is 1.95 bits per heavy atom. The fourth-order valence-electron chi connectivity index (χ4n) is 1.84. The van der Waals surface area contributed by atoms with Gasteiger partial charge >= 0.3 is 0 Å². The van der Waals surface area contributed by atoms with Gasteiger partial charge in [-0.1, -0.05) is 0 Å². The molecular formula is C16H9FN2OS. The summed E-state index contributed by atoms with van der Waals surface area (Å²) in [6.07, 6.45) is 1.72. The summed E-state index contributed by atoms with van der Waals surface area (Å²) in [6, 6.07) is 13.1. The maximum Gasteiger partial charge on any atom is 0.145 e. The van der Waals surface area contributed by atoms with Crippen LogP contribution in [-0.4, -0.2) is 4.98 Å². The van der Waals surface area contributed by atoms with Crippen molar-refractivity contribution in [2.75, 3.05) is 0 Å². The summed E-state index contributed by atoms with van der Waals surface area (Å²) in [4.78, 5) is 4.21. The molecular weight excluding hydrogens is 287 g/mol. The predicted molar refractivity (Wildman–Crippen MR) is 78.7 cm³/mol. The highest BCUT2D eigenvalue weighted by molar-refractivity contribution is 7.13. The fraction of sp³-hybridized carbons (Fsp3) is 0. The lowest BCUT2D eigenvalue weighted by atomic mass is 10.1. The van der Waals surface area contributed by atoms with Crippen molar-refractivity contribution in [3.05, 3.63) is 65.4 Å². The molecule has 0 atom stereocenters. The normalized spacial score (nSPS) is 10.1. The Labute approximate surface area is 124 Å². The molecule has 0 aliphatic heterocycles. The number of thiazole rings is 1. The Balaban J connectivity index is 1.92. The number of aromatic nitrogens is 1. The van der Waals surface area contributed by atoms with E-state index in [2.05, 4.69) is 11.1 Å². The van der Waals surface area contributed by atoms with Gasteiger partial charge in [0.2, 0.25) is 0 Å². The summed E-state index contributed by atoms with van der Waals surface area (Å²) in [5, 5.41) is 12.0. The second-order valence-electron chi connectivity index (χ2n) is 4.22. The van der Waals surface area contributed by atoms with Gasteiger partial charge in [0.1, 0.15) is 28.4 Å². The first-order valence-electron chi connectivity index (χ1n) is 6.14. The van der Waals surface area contributed by atoms with Crippen molar-refractivity contribution < 1.29 is 9.13 Å². The molecule has 3 rings (SSSR count). The van der Waals surface area contributed by atoms with E-state index in [9.17, 15) is 9.65 Å². The van der Waals surface area contributed by atoms with Gasteiger partial charge in [-0.25, -0.2) is 9.37 Å². The van der Waals surface area contributed by atoms with E-state index < -0.39 is 0 Å². The average Bonchev–Trinajstić information content (AvgIpc) is 3.04. The zero-order valence-electron chi connectivity index (χ0n) is 10.8. The number of rotatable bonds is 3. The molecule has 1 aromatic heterocycles. The first-order chi connectivity index (χ1) is 10.3. The lowest BCUT2D eigenvalue weighted by Crippen LogP contribution is -1.89. The summed E-state index contributed by atoms with van der Waals surface area (Å²) in [7, 11) is 0. The van der Waals surface area contributed by atoms with E-state index in [1.165, 1.54) is 35.6 Å². The molecule has 0 amide bonds. The molecule has 0 bridgehead atoms. The highest BCUT2D eigenvalue weighted by Gasteiger charge is 2.09. The second kappa shape index (κ2) is 5.73. The summed E-state index contributed by atoms with van der Waals surface area (Å²) in [6.45, 7) is 0. The molecule has 102 valence electrons. The minimum Gasteiger partial charge on any atom is -0.456 e. The smallest absolute Gasteiger partial charge is 0.145 e. The Bertz CT molecular complexity index is 792. The SMILES string of the molecule is N#Cc1cc(-c2nccs2)ccc1Oc1ccc(F)cc1. The Kier molecular flexibility index (Phi) is 3.63. The van der Waals surface area contributed by atoms with Gasteiger partial charge in [-0.05, 0) is 42.5 Å². The molecule has 1 heterocycles. The van der Waals surface area contributed by atoms with Crippen LogP contribution in [0.4, 0.5) is 4.39 Å². The Morgan fingerprint density at radius 3 is 2.62 bits per heavy atom. The van der Waals surface area contributed by atoms with Gasteiger partial charge in [0, 0.05) is 17.1 Å². The third-order valence-corrected chi connectivity index (χ3v) is 3.64. The summed E-state index contributed by atoms with van der Waals surface area (Å²) < 4.78 is 18.5. The van der Waals surface area contributed by atoms with E-state index in [0.717, 1.165) is 10.6 Å². The largest absolute Gasteiger partial charge is 0.456 e. The van der Waals surface area contributed by atoms with Crippen molar-refractivity contribution in [1.29, 1.82) is 5.26 Å². The van der Waals surface area contributed by atoms with Gasteiger partial charge in [-0.3, -0.25) is 0 Å². The van der Waals surface area contributed by atoms with Crippen LogP contribution in [0, 0.1) is 17.1 Å². The molecule has 0 N–H and O–H groups in total. The predicted octanol–water partition coefficient (Wildman–Crippen LogP) is 4.61. The second-order valence-corrected chi connectivity index (χ2v) is 5.11. The first kappa shape index (κ1) is 13.3. The molecule has 0 aliphatic rings. The zero-order chi connectivity index (χ0) is 14.7. The third-order valence-electron chi connectivity index (χ3n) is 2.82. The van der Waals surface area contributed by atoms with E-state index in [0.29, 0.717) is 17.1 Å². The highest BCUT2D eigenvalue weighted by Crippen LogP contribution is 2.30. The molecule has 0 saturated heterocycles. The van der Waals surface area contributed by atoms with Crippen LogP contribution in [0.2, 0.25) is 0 Å².